The summed E-state index contributed by atoms with van der Waals surface area (Å²) in [5.41, 5.74) is 0.686. The molecule has 3 atom stereocenters. The molecule has 1 aromatic carbocycles. The van der Waals surface area contributed by atoms with Crippen LogP contribution in [0, 0.1) is 0 Å². The molecule has 158 valence electrons. The van der Waals surface area contributed by atoms with E-state index in [1.54, 1.807) is 30.3 Å². The number of carbonyl (C=O) groups is 5. The van der Waals surface area contributed by atoms with Crippen molar-refractivity contribution in [2.24, 2.45) is 0 Å². The molecule has 0 saturated heterocycles. The highest BCUT2D eigenvalue weighted by atomic mass is 16.4. The van der Waals surface area contributed by atoms with Crippen LogP contribution in [0.2, 0.25) is 0 Å². The summed E-state index contributed by atoms with van der Waals surface area (Å²) in [4.78, 5) is 58.2. The SMILES string of the molecule is CC(=O)N[C@@H](C)C(=O)N[C@@H](CCC(=O)O)C(=O)N[C@@H](Cc1ccccc1)C(=O)O. The molecule has 0 fully saturated rings. The molecule has 0 spiro atoms. The summed E-state index contributed by atoms with van der Waals surface area (Å²) in [5.74, 6) is -4.41. The van der Waals surface area contributed by atoms with Gasteiger partial charge in [0, 0.05) is 19.8 Å². The lowest BCUT2D eigenvalue weighted by Crippen LogP contribution is -2.55. The zero-order valence-corrected chi connectivity index (χ0v) is 16.2. The van der Waals surface area contributed by atoms with Crippen molar-refractivity contribution >= 4 is 29.7 Å². The largest absolute Gasteiger partial charge is 0.481 e. The third kappa shape index (κ3) is 8.87. The van der Waals surface area contributed by atoms with E-state index in [2.05, 4.69) is 16.0 Å². The summed E-state index contributed by atoms with van der Waals surface area (Å²) < 4.78 is 0. The highest BCUT2D eigenvalue weighted by molar-refractivity contribution is 5.93. The fourth-order valence-corrected chi connectivity index (χ4v) is 2.53. The van der Waals surface area contributed by atoms with Crippen LogP contribution in [0.3, 0.4) is 0 Å². The van der Waals surface area contributed by atoms with Crippen molar-refractivity contribution in [2.75, 3.05) is 0 Å². The van der Waals surface area contributed by atoms with Crippen LogP contribution < -0.4 is 16.0 Å². The lowest BCUT2D eigenvalue weighted by atomic mass is 10.0. The van der Waals surface area contributed by atoms with Gasteiger partial charge < -0.3 is 26.2 Å². The standard InChI is InChI=1S/C19H25N3O7/c1-11(20-12(2)23)17(26)21-14(8-9-16(24)25)18(27)22-15(19(28)29)10-13-6-4-3-5-7-13/h3-7,11,14-15H,8-10H2,1-2H3,(H,20,23)(H,21,26)(H,22,27)(H,24,25)(H,28,29)/t11-,14-,15-/m0/s1. The molecule has 0 aliphatic rings. The molecule has 0 aliphatic carbocycles. The first-order chi connectivity index (χ1) is 13.6. The smallest absolute Gasteiger partial charge is 0.326 e. The maximum atomic E-state index is 12.6. The number of hydrogen-bond donors (Lipinski definition) is 5. The number of carboxylic acid groups (broad SMARTS) is 2. The molecule has 3 amide bonds. The number of hydrogen-bond acceptors (Lipinski definition) is 5. The van der Waals surface area contributed by atoms with Gasteiger partial charge in [0.05, 0.1) is 0 Å². The number of carbonyl (C=O) groups excluding carboxylic acids is 3. The minimum atomic E-state index is -1.27. The van der Waals surface area contributed by atoms with Gasteiger partial charge in [0.25, 0.3) is 0 Å². The van der Waals surface area contributed by atoms with Gasteiger partial charge in [-0.25, -0.2) is 4.79 Å². The second-order valence-corrected chi connectivity index (χ2v) is 6.50. The Balaban J connectivity index is 2.87. The van der Waals surface area contributed by atoms with Crippen molar-refractivity contribution in [3.8, 4) is 0 Å². The van der Waals surface area contributed by atoms with Gasteiger partial charge in [0.15, 0.2) is 0 Å². The molecule has 0 aliphatic heterocycles. The van der Waals surface area contributed by atoms with Gasteiger partial charge in [0.1, 0.15) is 18.1 Å². The van der Waals surface area contributed by atoms with E-state index in [1.807, 2.05) is 0 Å². The summed E-state index contributed by atoms with van der Waals surface area (Å²) in [7, 11) is 0. The van der Waals surface area contributed by atoms with Crippen LogP contribution in [0.4, 0.5) is 0 Å². The average Bonchev–Trinajstić information content (AvgIpc) is 2.64. The van der Waals surface area contributed by atoms with E-state index in [0.717, 1.165) is 0 Å². The molecule has 0 bridgehead atoms. The van der Waals surface area contributed by atoms with E-state index in [1.165, 1.54) is 13.8 Å². The van der Waals surface area contributed by atoms with E-state index >= 15 is 0 Å². The Morgan fingerprint density at radius 3 is 2.00 bits per heavy atom. The van der Waals surface area contributed by atoms with Crippen LogP contribution in [0.15, 0.2) is 30.3 Å². The van der Waals surface area contributed by atoms with Crippen LogP contribution in [-0.2, 0) is 30.4 Å². The fraction of sp³-hybridized carbons (Fsp3) is 0.421. The van der Waals surface area contributed by atoms with Crippen molar-refractivity contribution < 1.29 is 34.2 Å². The van der Waals surface area contributed by atoms with Crippen molar-refractivity contribution in [3.63, 3.8) is 0 Å². The molecule has 0 unspecified atom stereocenters. The third-order valence-electron chi connectivity index (χ3n) is 3.99. The number of nitrogens with one attached hydrogen (secondary N) is 3. The van der Waals surface area contributed by atoms with Crippen LogP contribution in [0.25, 0.3) is 0 Å². The average molecular weight is 407 g/mol. The first-order valence-electron chi connectivity index (χ1n) is 8.96. The van der Waals surface area contributed by atoms with Gasteiger partial charge in [-0.1, -0.05) is 30.3 Å². The molecule has 0 heterocycles. The zero-order chi connectivity index (χ0) is 22.0. The quantitative estimate of drug-likeness (QED) is 0.335. The van der Waals surface area contributed by atoms with Crippen molar-refractivity contribution in [2.45, 2.75) is 51.2 Å². The van der Waals surface area contributed by atoms with Crippen LogP contribution >= 0.6 is 0 Å². The predicted molar refractivity (Wildman–Crippen MR) is 102 cm³/mol. The second kappa shape index (κ2) is 11.4. The molecule has 0 aromatic heterocycles. The van der Waals surface area contributed by atoms with Crippen LogP contribution in [0.5, 0.6) is 0 Å². The van der Waals surface area contributed by atoms with Gasteiger partial charge >= 0.3 is 11.9 Å². The maximum Gasteiger partial charge on any atom is 0.326 e. The van der Waals surface area contributed by atoms with E-state index in [9.17, 15) is 29.1 Å². The molecule has 1 rings (SSSR count). The van der Waals surface area contributed by atoms with Gasteiger partial charge in [-0.15, -0.1) is 0 Å². The molecular weight excluding hydrogens is 382 g/mol. The number of aliphatic carboxylic acids is 2. The summed E-state index contributed by atoms with van der Waals surface area (Å²) >= 11 is 0. The minimum Gasteiger partial charge on any atom is -0.481 e. The number of rotatable bonds is 11. The molecular formula is C19H25N3O7. The van der Waals surface area contributed by atoms with Crippen molar-refractivity contribution in [3.05, 3.63) is 35.9 Å². The monoisotopic (exact) mass is 407 g/mol. The predicted octanol–water partition coefficient (Wildman–Crippen LogP) is -0.327. The summed E-state index contributed by atoms with van der Waals surface area (Å²) in [6.45, 7) is 2.62. The molecule has 5 N–H and O–H groups in total. The zero-order valence-electron chi connectivity index (χ0n) is 16.2. The number of amides is 3. The second-order valence-electron chi connectivity index (χ2n) is 6.50. The third-order valence-corrected chi connectivity index (χ3v) is 3.99. The summed E-state index contributed by atoms with van der Waals surface area (Å²) in [6.07, 6.45) is -0.634. The molecule has 29 heavy (non-hydrogen) atoms. The normalized spacial score (nSPS) is 13.4. The lowest BCUT2D eigenvalue weighted by Gasteiger charge is -2.23. The molecule has 1 aromatic rings. The number of carboxylic acids is 2. The Kier molecular flexibility index (Phi) is 9.30. The Hall–Kier alpha value is -3.43. The van der Waals surface area contributed by atoms with Crippen LogP contribution in [-0.4, -0.2) is 58.0 Å². The highest BCUT2D eigenvalue weighted by Gasteiger charge is 2.28. The van der Waals surface area contributed by atoms with Gasteiger partial charge in [-0.05, 0) is 18.9 Å². The minimum absolute atomic E-state index is 0.0177. The van der Waals surface area contributed by atoms with E-state index in [0.29, 0.717) is 5.56 Å². The van der Waals surface area contributed by atoms with Gasteiger partial charge in [-0.3, -0.25) is 19.2 Å². The molecule has 0 radical (unpaired) electrons. The first kappa shape index (κ1) is 23.6. The Morgan fingerprint density at radius 2 is 1.48 bits per heavy atom. The van der Waals surface area contributed by atoms with Gasteiger partial charge in [-0.2, -0.15) is 0 Å². The Bertz CT molecular complexity index is 751. The van der Waals surface area contributed by atoms with E-state index < -0.39 is 54.2 Å². The Morgan fingerprint density at radius 1 is 0.897 bits per heavy atom. The fourth-order valence-electron chi connectivity index (χ4n) is 2.53. The number of benzene rings is 1. The van der Waals surface area contributed by atoms with E-state index in [4.69, 9.17) is 5.11 Å². The van der Waals surface area contributed by atoms with Crippen molar-refractivity contribution in [1.82, 2.24) is 16.0 Å². The molecule has 0 saturated carbocycles. The van der Waals surface area contributed by atoms with Crippen LogP contribution in [0.1, 0.15) is 32.3 Å². The van der Waals surface area contributed by atoms with E-state index in [-0.39, 0.29) is 12.8 Å². The molecule has 10 heteroatoms. The lowest BCUT2D eigenvalue weighted by molar-refractivity contribution is -0.143. The molecule has 10 nitrogen and oxygen atoms in total. The summed E-state index contributed by atoms with van der Waals surface area (Å²) in [6, 6.07) is 5.17. The highest BCUT2D eigenvalue weighted by Crippen LogP contribution is 2.06. The van der Waals surface area contributed by atoms with Gasteiger partial charge in [0.2, 0.25) is 17.7 Å². The topological polar surface area (TPSA) is 162 Å². The van der Waals surface area contributed by atoms with Crippen molar-refractivity contribution in [1.29, 1.82) is 0 Å². The maximum absolute atomic E-state index is 12.6. The first-order valence-corrected chi connectivity index (χ1v) is 8.96. The summed E-state index contributed by atoms with van der Waals surface area (Å²) in [5, 5.41) is 25.3. The Labute approximate surface area is 167 Å².